The Kier molecular flexibility index (Phi) is 7.05. The first kappa shape index (κ1) is 24.0. The largest absolute Gasteiger partial charge is 0.467 e. The molecule has 0 spiro atoms. The molecule has 0 aliphatic carbocycles. The van der Waals surface area contributed by atoms with Crippen LogP contribution in [0.1, 0.15) is 29.1 Å². The molecule has 12 heteroatoms. The molecule has 3 aromatic rings. The molecule has 0 unspecified atom stereocenters. The van der Waals surface area contributed by atoms with Crippen molar-refractivity contribution in [3.8, 4) is 0 Å². The number of benzene rings is 1. The maximum atomic E-state index is 12.9. The maximum Gasteiger partial charge on any atom is 0.272 e. The second-order valence-corrected chi connectivity index (χ2v) is 10.3. The predicted octanol–water partition coefficient (Wildman–Crippen LogP) is 2.64. The molecule has 1 aromatic carbocycles. The topological polar surface area (TPSA) is 127 Å². The van der Waals surface area contributed by atoms with E-state index < -0.39 is 21.8 Å². The summed E-state index contributed by atoms with van der Waals surface area (Å²) in [5.41, 5.74) is 0.503. The molecule has 1 fully saturated rings. The Bertz CT molecular complexity index is 1260. The highest BCUT2D eigenvalue weighted by molar-refractivity contribution is 7.89. The van der Waals surface area contributed by atoms with Gasteiger partial charge in [0.25, 0.3) is 5.91 Å². The lowest BCUT2D eigenvalue weighted by atomic mass is 9.97. The van der Waals surface area contributed by atoms with E-state index in [4.69, 9.17) is 16.0 Å². The lowest BCUT2D eigenvalue weighted by molar-refractivity contribution is -0.120. The molecule has 1 saturated heterocycles. The highest BCUT2D eigenvalue weighted by Gasteiger charge is 2.32. The summed E-state index contributed by atoms with van der Waals surface area (Å²) in [6, 6.07) is 9.47. The standard InChI is InChI=1S/C22H24ClN5O5S/c1-27-20(22(30)24-13-17-3-2-12-33-17)19(14-25-27)26-21(29)15-8-10-28(11-9-15)34(31,32)18-6-4-16(23)5-7-18/h2-7,12,14-15H,8-11,13H2,1H3,(H,24,30)(H,26,29). The summed E-state index contributed by atoms with van der Waals surface area (Å²) >= 11 is 5.85. The van der Waals surface area contributed by atoms with Crippen molar-refractivity contribution in [1.82, 2.24) is 19.4 Å². The van der Waals surface area contributed by atoms with E-state index in [0.29, 0.717) is 29.3 Å². The fraction of sp³-hybridized carbons (Fsp3) is 0.318. The Morgan fingerprint density at radius 2 is 1.88 bits per heavy atom. The second kappa shape index (κ2) is 10.00. The minimum atomic E-state index is -3.66. The van der Waals surface area contributed by atoms with Crippen LogP contribution < -0.4 is 10.6 Å². The number of rotatable bonds is 7. The van der Waals surface area contributed by atoms with E-state index in [0.717, 1.165) is 0 Å². The van der Waals surface area contributed by atoms with E-state index in [9.17, 15) is 18.0 Å². The van der Waals surface area contributed by atoms with Crippen molar-refractivity contribution in [3.05, 3.63) is 65.3 Å². The summed E-state index contributed by atoms with van der Waals surface area (Å²) in [5, 5.41) is 10.1. The third-order valence-electron chi connectivity index (χ3n) is 5.69. The van der Waals surface area contributed by atoms with Crippen LogP contribution in [-0.2, 0) is 28.4 Å². The van der Waals surface area contributed by atoms with Crippen molar-refractivity contribution in [2.75, 3.05) is 18.4 Å². The van der Waals surface area contributed by atoms with Crippen LogP contribution in [0.25, 0.3) is 0 Å². The summed E-state index contributed by atoms with van der Waals surface area (Å²) in [6.45, 7) is 0.629. The van der Waals surface area contributed by atoms with Gasteiger partial charge in [-0.3, -0.25) is 14.3 Å². The van der Waals surface area contributed by atoms with Gasteiger partial charge in [0.05, 0.1) is 29.6 Å². The fourth-order valence-electron chi connectivity index (χ4n) is 3.81. The van der Waals surface area contributed by atoms with Crippen LogP contribution >= 0.6 is 11.6 Å². The monoisotopic (exact) mass is 505 g/mol. The first-order valence-corrected chi connectivity index (χ1v) is 12.5. The van der Waals surface area contributed by atoms with Gasteiger partial charge in [-0.25, -0.2) is 8.42 Å². The number of nitrogens with one attached hydrogen (secondary N) is 2. The second-order valence-electron chi connectivity index (χ2n) is 7.91. The molecule has 1 aliphatic rings. The Hall–Kier alpha value is -3.15. The normalized spacial score (nSPS) is 15.2. The summed E-state index contributed by atoms with van der Waals surface area (Å²) in [7, 11) is -2.05. The minimum Gasteiger partial charge on any atom is -0.467 e. The van der Waals surface area contributed by atoms with Gasteiger partial charge in [-0.15, -0.1) is 0 Å². The van der Waals surface area contributed by atoms with Crippen molar-refractivity contribution in [3.63, 3.8) is 0 Å². The van der Waals surface area contributed by atoms with Crippen molar-refractivity contribution in [1.29, 1.82) is 0 Å². The molecule has 1 aliphatic heterocycles. The Balaban J connectivity index is 1.36. The Morgan fingerprint density at radius 3 is 2.53 bits per heavy atom. The van der Waals surface area contributed by atoms with Gasteiger partial charge in [0, 0.05) is 31.1 Å². The van der Waals surface area contributed by atoms with Crippen molar-refractivity contribution < 1.29 is 22.4 Å². The summed E-state index contributed by atoms with van der Waals surface area (Å²) in [4.78, 5) is 25.7. The van der Waals surface area contributed by atoms with E-state index in [1.54, 1.807) is 19.2 Å². The smallest absolute Gasteiger partial charge is 0.272 e. The number of carbonyl (C=O) groups excluding carboxylic acids is 2. The third kappa shape index (κ3) is 5.16. The van der Waals surface area contributed by atoms with Crippen molar-refractivity contribution in [2.45, 2.75) is 24.3 Å². The summed E-state index contributed by atoms with van der Waals surface area (Å²) in [5.74, 6) is -0.482. The number of piperidine rings is 1. The zero-order valence-electron chi connectivity index (χ0n) is 18.4. The van der Waals surface area contributed by atoms with E-state index in [1.807, 2.05) is 0 Å². The average molecular weight is 506 g/mol. The number of halogens is 1. The molecule has 180 valence electrons. The number of aromatic nitrogens is 2. The van der Waals surface area contributed by atoms with Crippen LogP contribution in [0.5, 0.6) is 0 Å². The Morgan fingerprint density at radius 1 is 1.18 bits per heavy atom. The van der Waals surface area contributed by atoms with Gasteiger partial charge in [0.1, 0.15) is 11.5 Å². The summed E-state index contributed by atoms with van der Waals surface area (Å²) < 4.78 is 33.7. The van der Waals surface area contributed by atoms with Gasteiger partial charge in [-0.05, 0) is 49.2 Å². The highest BCUT2D eigenvalue weighted by atomic mass is 35.5. The SMILES string of the molecule is Cn1ncc(NC(=O)C2CCN(S(=O)(=O)c3ccc(Cl)cc3)CC2)c1C(=O)NCc1ccco1. The minimum absolute atomic E-state index is 0.167. The molecular formula is C22H24ClN5O5S. The number of nitrogens with zero attached hydrogens (tertiary/aromatic N) is 3. The van der Waals surface area contributed by atoms with Crippen LogP contribution in [0.4, 0.5) is 5.69 Å². The molecule has 2 N–H and O–H groups in total. The molecule has 34 heavy (non-hydrogen) atoms. The van der Waals surface area contributed by atoms with Gasteiger partial charge >= 0.3 is 0 Å². The Labute approximate surface area is 201 Å². The number of furan rings is 1. The number of carbonyl (C=O) groups is 2. The van der Waals surface area contributed by atoms with Crippen molar-refractivity contribution in [2.24, 2.45) is 13.0 Å². The van der Waals surface area contributed by atoms with Crippen LogP contribution in [0.2, 0.25) is 5.02 Å². The van der Waals surface area contributed by atoms with Crippen LogP contribution in [0, 0.1) is 5.92 Å². The van der Waals surface area contributed by atoms with E-state index in [1.165, 1.54) is 45.7 Å². The quantitative estimate of drug-likeness (QED) is 0.508. The number of hydrogen-bond acceptors (Lipinski definition) is 6. The lowest BCUT2D eigenvalue weighted by Crippen LogP contribution is -2.41. The number of aryl methyl sites for hydroxylation is 1. The van der Waals surface area contributed by atoms with Crippen molar-refractivity contribution >= 4 is 39.1 Å². The van der Waals surface area contributed by atoms with Gasteiger partial charge in [-0.2, -0.15) is 9.40 Å². The van der Waals surface area contributed by atoms with E-state index in [-0.39, 0.29) is 36.1 Å². The van der Waals surface area contributed by atoms with Gasteiger partial charge in [0.2, 0.25) is 15.9 Å². The summed E-state index contributed by atoms with van der Waals surface area (Å²) in [6.07, 6.45) is 3.65. The molecule has 3 heterocycles. The fourth-order valence-corrected chi connectivity index (χ4v) is 5.41. The molecule has 0 bridgehead atoms. The van der Waals surface area contributed by atoms with Crippen LogP contribution in [-0.4, -0.2) is 47.4 Å². The molecule has 0 atom stereocenters. The van der Waals surface area contributed by atoms with Crippen LogP contribution in [0.3, 0.4) is 0 Å². The molecule has 0 saturated carbocycles. The van der Waals surface area contributed by atoms with E-state index >= 15 is 0 Å². The maximum absolute atomic E-state index is 12.9. The number of amides is 2. The zero-order valence-corrected chi connectivity index (χ0v) is 20.0. The third-order valence-corrected chi connectivity index (χ3v) is 7.86. The van der Waals surface area contributed by atoms with E-state index in [2.05, 4.69) is 15.7 Å². The predicted molar refractivity (Wildman–Crippen MR) is 125 cm³/mol. The van der Waals surface area contributed by atoms with Crippen LogP contribution in [0.15, 0.2) is 58.2 Å². The highest BCUT2D eigenvalue weighted by Crippen LogP contribution is 2.26. The molecule has 10 nitrogen and oxygen atoms in total. The van der Waals surface area contributed by atoms with Gasteiger partial charge in [0.15, 0.2) is 0 Å². The average Bonchev–Trinajstić information content (AvgIpc) is 3.47. The zero-order chi connectivity index (χ0) is 24.3. The molecule has 2 amide bonds. The number of sulfonamides is 1. The molecule has 4 rings (SSSR count). The molecular weight excluding hydrogens is 482 g/mol. The number of hydrogen-bond donors (Lipinski definition) is 2. The van der Waals surface area contributed by atoms with Gasteiger partial charge in [-0.1, -0.05) is 11.6 Å². The number of anilines is 1. The first-order valence-electron chi connectivity index (χ1n) is 10.6. The molecule has 2 aromatic heterocycles. The molecule has 0 radical (unpaired) electrons. The van der Waals surface area contributed by atoms with Gasteiger partial charge < -0.3 is 15.1 Å². The first-order chi connectivity index (χ1) is 16.3. The lowest BCUT2D eigenvalue weighted by Gasteiger charge is -2.30.